The van der Waals surface area contributed by atoms with Crippen LogP contribution < -0.4 is 27.8 Å². The van der Waals surface area contributed by atoms with Gasteiger partial charge in [-0.1, -0.05) is 20.8 Å². The fourth-order valence-corrected chi connectivity index (χ4v) is 11.4. The Balaban J connectivity index is 1.39. The summed E-state index contributed by atoms with van der Waals surface area (Å²) in [6.07, 6.45) is 16.1. The van der Waals surface area contributed by atoms with E-state index in [-0.39, 0.29) is 29.1 Å². The van der Waals surface area contributed by atoms with E-state index >= 15 is 0 Å². The zero-order chi connectivity index (χ0) is 37.8. The molecular weight excluding hydrogens is 654 g/mol. The van der Waals surface area contributed by atoms with Gasteiger partial charge in [0.15, 0.2) is 0 Å². The number of amides is 1. The number of ether oxygens (including phenoxy) is 4. The topological polar surface area (TPSA) is 156 Å². The second-order valence-electron chi connectivity index (χ2n) is 18.5. The molecule has 4 fully saturated rings. The van der Waals surface area contributed by atoms with E-state index in [9.17, 15) is 4.79 Å². The van der Waals surface area contributed by atoms with Gasteiger partial charge in [-0.2, -0.15) is 0 Å². The van der Waals surface area contributed by atoms with E-state index in [1.807, 2.05) is 20.8 Å². The van der Waals surface area contributed by atoms with Crippen molar-refractivity contribution in [3.8, 4) is 0 Å². The molecule has 11 atom stereocenters. The molecule has 4 rings (SSSR count). The number of carbonyl (C=O) groups excluding carboxylic acids is 1. The molecule has 1 amide bonds. The minimum absolute atomic E-state index is 0.130. The molecule has 0 heterocycles. The first-order valence-electron chi connectivity index (χ1n) is 21.5. The van der Waals surface area contributed by atoms with Crippen LogP contribution in [-0.4, -0.2) is 89.1 Å². The van der Waals surface area contributed by atoms with Gasteiger partial charge in [0, 0.05) is 31.8 Å². The number of hydrogen-bond donors (Lipinski definition) is 5. The smallest absolute Gasteiger partial charge is 0.407 e. The quantitative estimate of drug-likeness (QED) is 0.0797. The molecule has 0 aromatic heterocycles. The summed E-state index contributed by atoms with van der Waals surface area (Å²) >= 11 is 0. The van der Waals surface area contributed by atoms with Gasteiger partial charge >= 0.3 is 6.09 Å². The van der Waals surface area contributed by atoms with Crippen molar-refractivity contribution in [1.29, 1.82) is 0 Å². The Bertz CT molecular complexity index is 1040. The van der Waals surface area contributed by atoms with E-state index in [0.717, 1.165) is 90.7 Å². The Morgan fingerprint density at radius 2 is 1.44 bits per heavy atom. The molecule has 0 radical (unpaired) electrons. The van der Waals surface area contributed by atoms with E-state index in [2.05, 4.69) is 31.4 Å². The molecule has 0 aliphatic heterocycles. The molecule has 1 unspecified atom stereocenters. The molecule has 10 nitrogen and oxygen atoms in total. The fraction of sp³-hybridized carbons (Fsp3) is 0.976. The van der Waals surface area contributed by atoms with Crippen LogP contribution in [0.3, 0.4) is 0 Å². The molecular formula is C42H81N5O5. The summed E-state index contributed by atoms with van der Waals surface area (Å²) in [6.45, 7) is 20.4. The minimum Gasteiger partial charge on any atom is -0.444 e. The lowest BCUT2D eigenvalue weighted by molar-refractivity contribution is -0.227. The first-order chi connectivity index (χ1) is 24.9. The maximum absolute atomic E-state index is 11.9. The number of fused-ring (bicyclic) bond motifs is 5. The maximum Gasteiger partial charge on any atom is 0.407 e. The largest absolute Gasteiger partial charge is 0.444 e. The highest BCUT2D eigenvalue weighted by Crippen LogP contribution is 2.69. The molecule has 0 spiro atoms. The molecule has 8 N–H and O–H groups in total. The Hall–Kier alpha value is -1.01. The number of nitrogens with one attached hydrogen (secondary N) is 2. The van der Waals surface area contributed by atoms with Crippen LogP contribution >= 0.6 is 0 Å². The summed E-state index contributed by atoms with van der Waals surface area (Å²) in [4.78, 5) is 11.9. The first-order valence-corrected chi connectivity index (χ1v) is 21.5. The predicted molar refractivity (Wildman–Crippen MR) is 211 cm³/mol. The molecule has 0 aromatic carbocycles. The minimum atomic E-state index is -0.462. The van der Waals surface area contributed by atoms with E-state index in [0.29, 0.717) is 67.8 Å². The SMILES string of the molecule is C[C@H](CCCNCCCCNC(=O)OC(C)(C)C)C1CC[C@H]2[C@@H]3[C@H](OCCCN)C[C@@H]4C[C@H](OCCCN)CC[C@]4(C)[C@H]3C[C@H](OCCCN)[C@]12C. The molecule has 0 aromatic rings. The molecule has 304 valence electrons. The molecule has 0 saturated heterocycles. The molecule has 4 saturated carbocycles. The molecule has 52 heavy (non-hydrogen) atoms. The first kappa shape index (κ1) is 43.7. The number of carbonyl (C=O) groups is 1. The number of unbranched alkanes of at least 4 members (excludes halogenated alkanes) is 1. The fourth-order valence-electron chi connectivity index (χ4n) is 11.4. The van der Waals surface area contributed by atoms with Crippen molar-refractivity contribution < 1.29 is 23.7 Å². The summed E-state index contributed by atoms with van der Waals surface area (Å²) in [5.74, 6) is 3.65. The lowest BCUT2D eigenvalue weighted by Gasteiger charge is -2.65. The lowest BCUT2D eigenvalue weighted by atomic mass is 9.43. The number of alkyl carbamates (subject to hydrolysis) is 1. The van der Waals surface area contributed by atoms with Gasteiger partial charge in [0.2, 0.25) is 0 Å². The highest BCUT2D eigenvalue weighted by molar-refractivity contribution is 5.67. The average molecular weight is 736 g/mol. The Morgan fingerprint density at radius 3 is 2.13 bits per heavy atom. The van der Waals surface area contributed by atoms with Crippen molar-refractivity contribution in [2.45, 2.75) is 155 Å². The third-order valence-corrected chi connectivity index (χ3v) is 14.0. The van der Waals surface area contributed by atoms with E-state index in [4.69, 9.17) is 36.1 Å². The van der Waals surface area contributed by atoms with Gasteiger partial charge in [0.25, 0.3) is 0 Å². The summed E-state index contributed by atoms with van der Waals surface area (Å²) in [5.41, 5.74) is 17.7. The van der Waals surface area contributed by atoms with E-state index in [1.165, 1.54) is 32.1 Å². The van der Waals surface area contributed by atoms with E-state index < -0.39 is 5.60 Å². The van der Waals surface area contributed by atoms with Crippen molar-refractivity contribution in [2.24, 2.45) is 63.5 Å². The van der Waals surface area contributed by atoms with Crippen LogP contribution in [0.5, 0.6) is 0 Å². The summed E-state index contributed by atoms with van der Waals surface area (Å²) < 4.78 is 25.7. The monoisotopic (exact) mass is 736 g/mol. The molecule has 4 aliphatic carbocycles. The van der Waals surface area contributed by atoms with Gasteiger partial charge in [0.1, 0.15) is 5.60 Å². The van der Waals surface area contributed by atoms with E-state index in [1.54, 1.807) is 0 Å². The van der Waals surface area contributed by atoms with Crippen LogP contribution in [-0.2, 0) is 18.9 Å². The summed E-state index contributed by atoms with van der Waals surface area (Å²) in [6, 6.07) is 0. The maximum atomic E-state index is 11.9. The normalized spacial score (nSPS) is 35.0. The van der Waals surface area contributed by atoms with Crippen molar-refractivity contribution >= 4 is 6.09 Å². The third-order valence-electron chi connectivity index (χ3n) is 14.0. The van der Waals surface area contributed by atoms with Gasteiger partial charge in [-0.3, -0.25) is 0 Å². The van der Waals surface area contributed by atoms with Crippen LogP contribution in [0.25, 0.3) is 0 Å². The van der Waals surface area contributed by atoms with Crippen molar-refractivity contribution in [3.63, 3.8) is 0 Å². The zero-order valence-electron chi connectivity index (χ0n) is 34.2. The van der Waals surface area contributed by atoms with Gasteiger partial charge < -0.3 is 46.8 Å². The number of rotatable bonds is 22. The van der Waals surface area contributed by atoms with Crippen molar-refractivity contribution in [1.82, 2.24) is 10.6 Å². The molecule has 0 bridgehead atoms. The number of nitrogens with two attached hydrogens (primary N) is 3. The Morgan fingerprint density at radius 1 is 0.788 bits per heavy atom. The zero-order valence-corrected chi connectivity index (χ0v) is 34.2. The van der Waals surface area contributed by atoms with Crippen LogP contribution in [0, 0.1) is 46.3 Å². The van der Waals surface area contributed by atoms with Gasteiger partial charge in [-0.15, -0.1) is 0 Å². The van der Waals surface area contributed by atoms with Gasteiger partial charge in [0.05, 0.1) is 18.3 Å². The van der Waals surface area contributed by atoms with Crippen LogP contribution in [0.4, 0.5) is 4.79 Å². The standard InChI is InChI=1S/C42H81N5O5/c1-30(13-9-22-46-21-7-8-23-47-39(48)52-40(2,3)4)33-14-15-34-38-35(29-37(42(33,34)6)51-26-12-20-45)41(5)17-16-32(49-24-10-18-43)27-31(41)28-36(38)50-25-11-19-44/h30-38,46H,7-29,43-45H2,1-6H3,(H,47,48)/t30-,31+,32-,33?,34+,35+,36-,37+,38+,41+,42-/m1/s1. The second-order valence-corrected chi connectivity index (χ2v) is 18.5. The molecule has 4 aliphatic rings. The highest BCUT2D eigenvalue weighted by Gasteiger charge is 2.66. The van der Waals surface area contributed by atoms with Gasteiger partial charge in [-0.25, -0.2) is 4.79 Å². The summed E-state index contributed by atoms with van der Waals surface area (Å²) in [5, 5.41) is 6.53. The third kappa shape index (κ3) is 11.3. The molecule has 10 heteroatoms. The highest BCUT2D eigenvalue weighted by atomic mass is 16.6. The lowest BCUT2D eigenvalue weighted by Crippen LogP contribution is -2.63. The van der Waals surface area contributed by atoms with Crippen LogP contribution in [0.1, 0.15) is 131 Å². The summed E-state index contributed by atoms with van der Waals surface area (Å²) in [7, 11) is 0. The predicted octanol–water partition coefficient (Wildman–Crippen LogP) is 6.38. The average Bonchev–Trinajstić information content (AvgIpc) is 3.45. The Labute approximate surface area is 317 Å². The van der Waals surface area contributed by atoms with Gasteiger partial charge in [-0.05, 0) is 184 Å². The number of hydrogen-bond acceptors (Lipinski definition) is 9. The van der Waals surface area contributed by atoms with Crippen LogP contribution in [0.2, 0.25) is 0 Å². The van der Waals surface area contributed by atoms with Crippen molar-refractivity contribution in [2.75, 3.05) is 59.1 Å². The second kappa shape index (κ2) is 20.8. The van der Waals surface area contributed by atoms with Crippen LogP contribution in [0.15, 0.2) is 0 Å². The Kier molecular flexibility index (Phi) is 17.5. The van der Waals surface area contributed by atoms with Crippen molar-refractivity contribution in [3.05, 3.63) is 0 Å².